The molecule has 0 saturated carbocycles. The normalized spacial score (nSPS) is 17.1. The van der Waals surface area contributed by atoms with E-state index in [1.807, 2.05) is 30.9 Å². The summed E-state index contributed by atoms with van der Waals surface area (Å²) in [5, 5.41) is 0. The lowest BCUT2D eigenvalue weighted by atomic mass is 9.86. The van der Waals surface area contributed by atoms with Crippen LogP contribution in [0.4, 0.5) is 17.1 Å². The second kappa shape index (κ2) is 4.19. The Balaban J connectivity index is 2.51. The summed E-state index contributed by atoms with van der Waals surface area (Å²) >= 11 is 0. The number of hydrogen-bond donors (Lipinski definition) is 2. The molecule has 4 heteroatoms. The Kier molecular flexibility index (Phi) is 2.97. The van der Waals surface area contributed by atoms with Crippen LogP contribution < -0.4 is 16.4 Å². The molecule has 1 aromatic rings. The SMILES string of the molecule is CCCCN1C(=O)C(C)(C)c2cc(N)c(N)cc21. The molecule has 0 aliphatic carbocycles. The molecule has 0 radical (unpaired) electrons. The van der Waals surface area contributed by atoms with Gasteiger partial charge in [-0.3, -0.25) is 4.79 Å². The second-order valence-electron chi connectivity index (χ2n) is 5.43. The largest absolute Gasteiger partial charge is 0.397 e. The Morgan fingerprint density at radius 3 is 2.44 bits per heavy atom. The highest BCUT2D eigenvalue weighted by atomic mass is 16.2. The molecule has 1 aliphatic rings. The van der Waals surface area contributed by atoms with Crippen molar-refractivity contribution in [2.75, 3.05) is 22.9 Å². The fourth-order valence-electron chi connectivity index (χ4n) is 2.45. The molecule has 0 atom stereocenters. The van der Waals surface area contributed by atoms with Crippen molar-refractivity contribution in [3.63, 3.8) is 0 Å². The van der Waals surface area contributed by atoms with Crippen LogP contribution in [0.1, 0.15) is 39.2 Å². The number of rotatable bonds is 3. The Bertz CT molecular complexity index is 494. The van der Waals surface area contributed by atoms with Gasteiger partial charge in [0.1, 0.15) is 0 Å². The van der Waals surface area contributed by atoms with E-state index in [-0.39, 0.29) is 5.91 Å². The van der Waals surface area contributed by atoms with E-state index in [0.29, 0.717) is 11.4 Å². The van der Waals surface area contributed by atoms with Crippen LogP contribution in [-0.4, -0.2) is 12.5 Å². The van der Waals surface area contributed by atoms with Gasteiger partial charge in [-0.05, 0) is 38.0 Å². The molecule has 1 aliphatic heterocycles. The van der Waals surface area contributed by atoms with Crippen molar-refractivity contribution in [3.8, 4) is 0 Å². The molecular weight excluding hydrogens is 226 g/mol. The van der Waals surface area contributed by atoms with Crippen molar-refractivity contribution in [1.82, 2.24) is 0 Å². The maximum absolute atomic E-state index is 12.5. The van der Waals surface area contributed by atoms with Crippen LogP contribution in [0.3, 0.4) is 0 Å². The summed E-state index contributed by atoms with van der Waals surface area (Å²) in [7, 11) is 0. The van der Waals surface area contributed by atoms with Crippen molar-refractivity contribution in [2.45, 2.75) is 39.0 Å². The van der Waals surface area contributed by atoms with Crippen LogP contribution in [0.25, 0.3) is 0 Å². The topological polar surface area (TPSA) is 72.3 Å². The van der Waals surface area contributed by atoms with E-state index < -0.39 is 5.41 Å². The third-order valence-corrected chi connectivity index (χ3v) is 3.68. The molecule has 1 aromatic carbocycles. The molecule has 0 bridgehead atoms. The zero-order valence-corrected chi connectivity index (χ0v) is 11.3. The van der Waals surface area contributed by atoms with Gasteiger partial charge in [0, 0.05) is 6.54 Å². The first-order valence-corrected chi connectivity index (χ1v) is 6.41. The van der Waals surface area contributed by atoms with Gasteiger partial charge < -0.3 is 16.4 Å². The summed E-state index contributed by atoms with van der Waals surface area (Å²) < 4.78 is 0. The number of amides is 1. The average molecular weight is 247 g/mol. The summed E-state index contributed by atoms with van der Waals surface area (Å²) in [6, 6.07) is 3.67. The Morgan fingerprint density at radius 2 is 1.83 bits per heavy atom. The fourth-order valence-corrected chi connectivity index (χ4v) is 2.45. The van der Waals surface area contributed by atoms with E-state index in [4.69, 9.17) is 11.5 Å². The van der Waals surface area contributed by atoms with Gasteiger partial charge in [-0.15, -0.1) is 0 Å². The minimum atomic E-state index is -0.509. The Hall–Kier alpha value is -1.71. The number of hydrogen-bond acceptors (Lipinski definition) is 3. The first-order valence-electron chi connectivity index (χ1n) is 6.41. The van der Waals surface area contributed by atoms with E-state index in [1.165, 1.54) is 0 Å². The predicted octanol–water partition coefficient (Wildman–Crippen LogP) is 2.28. The van der Waals surface area contributed by atoms with Crippen molar-refractivity contribution in [1.29, 1.82) is 0 Å². The summed E-state index contributed by atoms with van der Waals surface area (Å²) in [5.41, 5.74) is 14.2. The van der Waals surface area contributed by atoms with Crippen LogP contribution in [-0.2, 0) is 10.2 Å². The van der Waals surface area contributed by atoms with Crippen LogP contribution in [0.2, 0.25) is 0 Å². The summed E-state index contributed by atoms with van der Waals surface area (Å²) in [6.45, 7) is 6.74. The lowest BCUT2D eigenvalue weighted by molar-refractivity contribution is -0.122. The minimum Gasteiger partial charge on any atom is -0.397 e. The zero-order valence-electron chi connectivity index (χ0n) is 11.3. The van der Waals surface area contributed by atoms with E-state index in [9.17, 15) is 4.79 Å². The van der Waals surface area contributed by atoms with Gasteiger partial charge in [0.05, 0.1) is 22.5 Å². The highest BCUT2D eigenvalue weighted by Gasteiger charge is 2.43. The number of fused-ring (bicyclic) bond motifs is 1. The lowest BCUT2D eigenvalue weighted by Crippen LogP contribution is -2.36. The molecule has 0 spiro atoms. The number of nitrogen functional groups attached to an aromatic ring is 2. The highest BCUT2D eigenvalue weighted by molar-refractivity contribution is 6.08. The second-order valence-corrected chi connectivity index (χ2v) is 5.43. The number of anilines is 3. The smallest absolute Gasteiger partial charge is 0.237 e. The number of unbranched alkanes of at least 4 members (excludes halogenated alkanes) is 1. The number of nitrogens with zero attached hydrogens (tertiary/aromatic N) is 1. The van der Waals surface area contributed by atoms with Gasteiger partial charge >= 0.3 is 0 Å². The Morgan fingerprint density at radius 1 is 1.22 bits per heavy atom. The molecular formula is C14H21N3O. The number of nitrogens with two attached hydrogens (primary N) is 2. The third-order valence-electron chi connectivity index (χ3n) is 3.68. The monoisotopic (exact) mass is 247 g/mol. The number of carbonyl (C=O) groups excluding carboxylic acids is 1. The zero-order chi connectivity index (χ0) is 13.5. The molecule has 0 aromatic heterocycles. The molecule has 18 heavy (non-hydrogen) atoms. The molecule has 4 N–H and O–H groups in total. The quantitative estimate of drug-likeness (QED) is 0.805. The molecule has 0 unspecified atom stereocenters. The van der Waals surface area contributed by atoms with Gasteiger partial charge in [-0.25, -0.2) is 0 Å². The van der Waals surface area contributed by atoms with Crippen molar-refractivity contribution < 1.29 is 4.79 Å². The fraction of sp³-hybridized carbons (Fsp3) is 0.500. The Labute approximate surface area is 108 Å². The van der Waals surface area contributed by atoms with E-state index in [2.05, 4.69) is 6.92 Å². The van der Waals surface area contributed by atoms with Crippen LogP contribution in [0.15, 0.2) is 12.1 Å². The highest BCUT2D eigenvalue weighted by Crippen LogP contribution is 2.44. The minimum absolute atomic E-state index is 0.135. The third kappa shape index (κ3) is 1.72. The van der Waals surface area contributed by atoms with Crippen molar-refractivity contribution in [2.24, 2.45) is 0 Å². The molecule has 0 fully saturated rings. The van der Waals surface area contributed by atoms with E-state index in [1.54, 1.807) is 0 Å². The van der Waals surface area contributed by atoms with Crippen LogP contribution in [0, 0.1) is 0 Å². The maximum Gasteiger partial charge on any atom is 0.237 e. The predicted molar refractivity (Wildman–Crippen MR) is 75.6 cm³/mol. The number of carbonyl (C=O) groups is 1. The molecule has 1 heterocycles. The van der Waals surface area contributed by atoms with Crippen LogP contribution in [0.5, 0.6) is 0 Å². The average Bonchev–Trinajstić information content (AvgIpc) is 2.48. The standard InChI is InChI=1S/C14H21N3O/c1-4-5-6-17-12-8-11(16)10(15)7-9(12)14(2,3)13(17)18/h7-8H,4-6,15-16H2,1-3H3. The molecule has 4 nitrogen and oxygen atoms in total. The summed E-state index contributed by atoms with van der Waals surface area (Å²) in [5.74, 6) is 0.135. The van der Waals surface area contributed by atoms with Crippen molar-refractivity contribution >= 4 is 23.0 Å². The maximum atomic E-state index is 12.5. The van der Waals surface area contributed by atoms with Crippen LogP contribution >= 0.6 is 0 Å². The van der Waals surface area contributed by atoms with Gasteiger partial charge in [-0.1, -0.05) is 13.3 Å². The first-order chi connectivity index (χ1) is 8.39. The van der Waals surface area contributed by atoms with Gasteiger partial charge in [-0.2, -0.15) is 0 Å². The van der Waals surface area contributed by atoms with Gasteiger partial charge in [0.2, 0.25) is 5.91 Å². The summed E-state index contributed by atoms with van der Waals surface area (Å²) in [4.78, 5) is 14.3. The lowest BCUT2D eigenvalue weighted by Gasteiger charge is -2.20. The molecule has 98 valence electrons. The number of benzene rings is 1. The molecule has 2 rings (SSSR count). The van der Waals surface area contributed by atoms with E-state index in [0.717, 1.165) is 30.6 Å². The van der Waals surface area contributed by atoms with E-state index >= 15 is 0 Å². The van der Waals surface area contributed by atoms with Gasteiger partial charge in [0.25, 0.3) is 0 Å². The molecule has 0 saturated heterocycles. The first kappa shape index (κ1) is 12.7. The van der Waals surface area contributed by atoms with Gasteiger partial charge in [0.15, 0.2) is 0 Å². The van der Waals surface area contributed by atoms with Crippen molar-refractivity contribution in [3.05, 3.63) is 17.7 Å². The summed E-state index contributed by atoms with van der Waals surface area (Å²) in [6.07, 6.45) is 2.05. The molecule has 1 amide bonds.